The van der Waals surface area contributed by atoms with E-state index in [0.717, 1.165) is 5.56 Å². The Kier molecular flexibility index (Phi) is 3.31. The monoisotopic (exact) mass is 227 g/mol. The van der Waals surface area contributed by atoms with E-state index in [1.54, 1.807) is 12.1 Å². The third-order valence-electron chi connectivity index (χ3n) is 1.44. The van der Waals surface area contributed by atoms with E-state index in [-0.39, 0.29) is 5.75 Å². The van der Waals surface area contributed by atoms with Crippen LogP contribution in [0.15, 0.2) is 28.7 Å². The molecule has 0 fully saturated rings. The predicted molar refractivity (Wildman–Crippen MR) is 53.9 cm³/mol. The maximum Gasteiger partial charge on any atom is 0.130 e. The molecule has 0 amide bonds. The first-order chi connectivity index (χ1) is 5.75. The summed E-state index contributed by atoms with van der Waals surface area (Å²) < 4.78 is 0.703. The smallest absolute Gasteiger partial charge is 0.130 e. The molecule has 0 aliphatic carbocycles. The normalized spacial score (nSPS) is 10.8. The summed E-state index contributed by atoms with van der Waals surface area (Å²) in [5.74, 6) is 0.245. The van der Waals surface area contributed by atoms with Gasteiger partial charge in [-0.1, -0.05) is 24.3 Å². The van der Waals surface area contributed by atoms with Gasteiger partial charge in [0.1, 0.15) is 5.75 Å². The minimum Gasteiger partial charge on any atom is -0.507 e. The van der Waals surface area contributed by atoms with Gasteiger partial charge < -0.3 is 10.8 Å². The van der Waals surface area contributed by atoms with Crippen molar-refractivity contribution < 1.29 is 5.11 Å². The molecular weight excluding hydrogens is 218 g/mol. The van der Waals surface area contributed by atoms with Gasteiger partial charge in [0, 0.05) is 6.54 Å². The Balaban J connectivity index is 3.00. The lowest BCUT2D eigenvalue weighted by molar-refractivity contribution is 0.472. The molecule has 64 valence electrons. The zero-order valence-electron chi connectivity index (χ0n) is 6.50. The van der Waals surface area contributed by atoms with Crippen LogP contribution in [-0.4, -0.2) is 11.7 Å². The van der Waals surface area contributed by atoms with Gasteiger partial charge in [-0.05, 0) is 27.6 Å². The number of rotatable bonds is 2. The van der Waals surface area contributed by atoms with E-state index in [0.29, 0.717) is 11.0 Å². The van der Waals surface area contributed by atoms with E-state index in [1.807, 2.05) is 18.2 Å². The molecule has 3 N–H and O–H groups in total. The van der Waals surface area contributed by atoms with E-state index < -0.39 is 0 Å². The summed E-state index contributed by atoms with van der Waals surface area (Å²) in [4.78, 5) is 0. The van der Waals surface area contributed by atoms with Gasteiger partial charge in [-0.3, -0.25) is 0 Å². The molecule has 0 saturated heterocycles. The quantitative estimate of drug-likeness (QED) is 0.814. The lowest BCUT2D eigenvalue weighted by Gasteiger charge is -1.99. The number of aromatic hydroxyl groups is 1. The van der Waals surface area contributed by atoms with Crippen molar-refractivity contribution in [2.75, 3.05) is 6.54 Å². The lowest BCUT2D eigenvalue weighted by Crippen LogP contribution is -1.92. The van der Waals surface area contributed by atoms with Crippen molar-refractivity contribution in [3.63, 3.8) is 0 Å². The summed E-state index contributed by atoms with van der Waals surface area (Å²) in [6, 6.07) is 5.32. The lowest BCUT2D eigenvalue weighted by atomic mass is 10.2. The molecule has 0 spiro atoms. The predicted octanol–water partition coefficient (Wildman–Crippen LogP) is 2.13. The number of hydrogen-bond acceptors (Lipinski definition) is 2. The molecule has 0 aromatic heterocycles. The Bertz CT molecular complexity index is 297. The van der Waals surface area contributed by atoms with Gasteiger partial charge >= 0.3 is 0 Å². The average Bonchev–Trinajstić information content (AvgIpc) is 2.08. The second-order valence-electron chi connectivity index (χ2n) is 2.32. The highest BCUT2D eigenvalue weighted by molar-refractivity contribution is 9.10. The molecule has 12 heavy (non-hydrogen) atoms. The Morgan fingerprint density at radius 2 is 2.25 bits per heavy atom. The minimum absolute atomic E-state index is 0.245. The first kappa shape index (κ1) is 9.29. The van der Waals surface area contributed by atoms with Crippen molar-refractivity contribution in [2.45, 2.75) is 0 Å². The highest BCUT2D eigenvalue weighted by atomic mass is 79.9. The van der Waals surface area contributed by atoms with Gasteiger partial charge in [0.25, 0.3) is 0 Å². The third kappa shape index (κ3) is 2.09. The SMILES string of the molecule is NCC=Cc1cccc(O)c1Br. The topological polar surface area (TPSA) is 46.2 Å². The van der Waals surface area contributed by atoms with Crippen LogP contribution in [0.4, 0.5) is 0 Å². The van der Waals surface area contributed by atoms with E-state index in [4.69, 9.17) is 5.73 Å². The summed E-state index contributed by atoms with van der Waals surface area (Å²) in [6.07, 6.45) is 3.70. The number of hydrogen-bond donors (Lipinski definition) is 2. The van der Waals surface area contributed by atoms with Crippen LogP contribution in [0.25, 0.3) is 6.08 Å². The standard InChI is InChI=1S/C9H10BrNO/c10-9-7(4-2-6-11)3-1-5-8(9)12/h1-5,12H,6,11H2. The van der Waals surface area contributed by atoms with Crippen molar-refractivity contribution in [3.05, 3.63) is 34.3 Å². The Labute approximate surface area is 79.8 Å². The van der Waals surface area contributed by atoms with E-state index in [2.05, 4.69) is 15.9 Å². The fourth-order valence-electron chi connectivity index (χ4n) is 0.861. The molecule has 3 heteroatoms. The molecule has 2 nitrogen and oxygen atoms in total. The molecule has 0 bridgehead atoms. The Hall–Kier alpha value is -0.800. The first-order valence-corrected chi connectivity index (χ1v) is 4.39. The molecule has 1 aromatic rings. The van der Waals surface area contributed by atoms with E-state index in [1.165, 1.54) is 0 Å². The van der Waals surface area contributed by atoms with E-state index in [9.17, 15) is 5.11 Å². The maximum atomic E-state index is 9.29. The van der Waals surface area contributed by atoms with Crippen molar-refractivity contribution >= 4 is 22.0 Å². The van der Waals surface area contributed by atoms with Crippen LogP contribution >= 0.6 is 15.9 Å². The molecule has 1 aromatic carbocycles. The zero-order chi connectivity index (χ0) is 8.97. The van der Waals surface area contributed by atoms with Gasteiger partial charge in [-0.15, -0.1) is 0 Å². The number of phenols is 1. The number of benzene rings is 1. The highest BCUT2D eigenvalue weighted by Crippen LogP contribution is 2.27. The number of phenolic OH excluding ortho intramolecular Hbond substituents is 1. The highest BCUT2D eigenvalue weighted by Gasteiger charge is 1.99. The molecule has 0 aliphatic rings. The van der Waals surface area contributed by atoms with Crippen molar-refractivity contribution in [1.29, 1.82) is 0 Å². The Morgan fingerprint density at radius 3 is 2.92 bits per heavy atom. The second-order valence-corrected chi connectivity index (χ2v) is 3.11. The molecule has 0 unspecified atom stereocenters. The fraction of sp³-hybridized carbons (Fsp3) is 0.111. The van der Waals surface area contributed by atoms with Crippen LogP contribution in [0.1, 0.15) is 5.56 Å². The average molecular weight is 228 g/mol. The molecule has 0 saturated carbocycles. The zero-order valence-corrected chi connectivity index (χ0v) is 8.08. The minimum atomic E-state index is 0.245. The summed E-state index contributed by atoms with van der Waals surface area (Å²) in [6.45, 7) is 0.502. The molecule has 1 rings (SSSR count). The van der Waals surface area contributed by atoms with Gasteiger partial charge in [-0.25, -0.2) is 0 Å². The summed E-state index contributed by atoms with van der Waals surface area (Å²) >= 11 is 3.27. The van der Waals surface area contributed by atoms with Crippen LogP contribution in [-0.2, 0) is 0 Å². The van der Waals surface area contributed by atoms with Gasteiger partial charge in [0.05, 0.1) is 4.47 Å². The maximum absolute atomic E-state index is 9.29. The summed E-state index contributed by atoms with van der Waals surface area (Å²) in [7, 11) is 0. The van der Waals surface area contributed by atoms with Crippen LogP contribution < -0.4 is 5.73 Å². The third-order valence-corrected chi connectivity index (χ3v) is 2.31. The fourth-order valence-corrected chi connectivity index (χ4v) is 1.26. The number of nitrogens with two attached hydrogens (primary N) is 1. The van der Waals surface area contributed by atoms with Crippen LogP contribution in [0.3, 0.4) is 0 Å². The van der Waals surface area contributed by atoms with Gasteiger partial charge in [-0.2, -0.15) is 0 Å². The van der Waals surface area contributed by atoms with Crippen molar-refractivity contribution in [2.24, 2.45) is 5.73 Å². The van der Waals surface area contributed by atoms with Crippen molar-refractivity contribution in [1.82, 2.24) is 0 Å². The second kappa shape index (κ2) is 4.28. The molecule has 0 heterocycles. The molecular formula is C9H10BrNO. The van der Waals surface area contributed by atoms with E-state index >= 15 is 0 Å². The first-order valence-electron chi connectivity index (χ1n) is 3.60. The van der Waals surface area contributed by atoms with Gasteiger partial charge in [0.15, 0.2) is 0 Å². The van der Waals surface area contributed by atoms with Crippen LogP contribution in [0.2, 0.25) is 0 Å². The van der Waals surface area contributed by atoms with Gasteiger partial charge in [0.2, 0.25) is 0 Å². The van der Waals surface area contributed by atoms with Crippen LogP contribution in [0.5, 0.6) is 5.75 Å². The van der Waals surface area contributed by atoms with Crippen molar-refractivity contribution in [3.8, 4) is 5.75 Å². The molecule has 0 radical (unpaired) electrons. The number of halogens is 1. The largest absolute Gasteiger partial charge is 0.507 e. The van der Waals surface area contributed by atoms with Crippen LogP contribution in [0, 0.1) is 0 Å². The molecule has 0 atom stereocenters. The summed E-state index contributed by atoms with van der Waals surface area (Å²) in [5.41, 5.74) is 6.23. The summed E-state index contributed by atoms with van der Waals surface area (Å²) in [5, 5.41) is 9.29. The molecule has 0 aliphatic heterocycles. The Morgan fingerprint density at radius 1 is 1.50 bits per heavy atom.